The predicted octanol–water partition coefficient (Wildman–Crippen LogP) is 3.11. The number of urea groups is 1. The summed E-state index contributed by atoms with van der Waals surface area (Å²) < 4.78 is 24.3. The molecule has 1 fully saturated rings. The number of rotatable bonds is 4. The lowest BCUT2D eigenvalue weighted by Gasteiger charge is -2.32. The topological polar surface area (TPSA) is 32.3 Å². The van der Waals surface area contributed by atoms with Crippen LogP contribution in [0.1, 0.15) is 39.5 Å². The van der Waals surface area contributed by atoms with E-state index >= 15 is 0 Å². The number of carbonyl (C=O) groups excluding carboxylic acids is 1. The molecule has 0 aromatic heterocycles. The first-order valence-corrected chi connectivity index (χ1v) is 6.70. The molecular formula is C13H24F2N2O. The minimum absolute atomic E-state index is 0.146. The summed E-state index contributed by atoms with van der Waals surface area (Å²) >= 11 is 0. The van der Waals surface area contributed by atoms with Gasteiger partial charge in [0.25, 0.3) is 6.43 Å². The van der Waals surface area contributed by atoms with Crippen molar-refractivity contribution in [3.05, 3.63) is 0 Å². The third-order valence-corrected chi connectivity index (χ3v) is 3.80. The lowest BCUT2D eigenvalue weighted by atomic mass is 9.80. The average Bonchev–Trinajstić information content (AvgIpc) is 2.28. The van der Waals surface area contributed by atoms with E-state index in [1.54, 1.807) is 0 Å². The van der Waals surface area contributed by atoms with Gasteiger partial charge >= 0.3 is 6.03 Å². The smallest absolute Gasteiger partial charge is 0.317 e. The molecule has 0 saturated heterocycles. The van der Waals surface area contributed by atoms with Crippen molar-refractivity contribution in [3.8, 4) is 0 Å². The molecule has 0 aliphatic heterocycles. The molecule has 106 valence electrons. The van der Waals surface area contributed by atoms with Crippen LogP contribution in [0, 0.1) is 11.8 Å². The third-order valence-electron chi connectivity index (χ3n) is 3.80. The van der Waals surface area contributed by atoms with Crippen LogP contribution >= 0.6 is 0 Å². The highest BCUT2D eigenvalue weighted by Crippen LogP contribution is 2.29. The van der Waals surface area contributed by atoms with E-state index in [-0.39, 0.29) is 12.1 Å². The number of amides is 2. The largest absolute Gasteiger partial charge is 0.335 e. The van der Waals surface area contributed by atoms with Crippen molar-refractivity contribution in [1.82, 2.24) is 10.2 Å². The molecule has 2 amide bonds. The minimum atomic E-state index is -2.47. The predicted molar refractivity (Wildman–Crippen MR) is 67.7 cm³/mol. The Labute approximate surface area is 108 Å². The van der Waals surface area contributed by atoms with Gasteiger partial charge in [-0.1, -0.05) is 13.8 Å². The lowest BCUT2D eigenvalue weighted by Crippen LogP contribution is -2.46. The summed E-state index contributed by atoms with van der Waals surface area (Å²) in [5.74, 6) is 1.42. The fourth-order valence-electron chi connectivity index (χ4n) is 2.50. The van der Waals surface area contributed by atoms with E-state index in [4.69, 9.17) is 0 Å². The molecule has 0 unspecified atom stereocenters. The highest BCUT2D eigenvalue weighted by molar-refractivity contribution is 5.74. The highest BCUT2D eigenvalue weighted by Gasteiger charge is 2.25. The van der Waals surface area contributed by atoms with Crippen molar-refractivity contribution >= 4 is 6.03 Å². The number of nitrogens with one attached hydrogen (secondary N) is 1. The number of carbonyl (C=O) groups is 1. The molecule has 1 aliphatic rings. The van der Waals surface area contributed by atoms with Crippen LogP contribution in [0.5, 0.6) is 0 Å². The van der Waals surface area contributed by atoms with Gasteiger partial charge in [-0.15, -0.1) is 0 Å². The lowest BCUT2D eigenvalue weighted by molar-refractivity contribution is 0.106. The van der Waals surface area contributed by atoms with E-state index in [9.17, 15) is 13.6 Å². The quantitative estimate of drug-likeness (QED) is 0.829. The van der Waals surface area contributed by atoms with Gasteiger partial charge in [-0.25, -0.2) is 13.6 Å². The second kappa shape index (κ2) is 6.90. The average molecular weight is 262 g/mol. The fraction of sp³-hybridized carbons (Fsp3) is 0.923. The van der Waals surface area contributed by atoms with Crippen molar-refractivity contribution in [1.29, 1.82) is 0 Å². The molecule has 5 heteroatoms. The van der Waals surface area contributed by atoms with Gasteiger partial charge in [0, 0.05) is 13.1 Å². The maximum absolute atomic E-state index is 12.1. The Hall–Kier alpha value is -0.870. The van der Waals surface area contributed by atoms with Crippen LogP contribution in [0.2, 0.25) is 0 Å². The molecule has 0 atom stereocenters. The Balaban J connectivity index is 2.30. The number of alkyl halides is 2. The first-order valence-electron chi connectivity index (χ1n) is 6.70. The summed E-state index contributed by atoms with van der Waals surface area (Å²) in [5, 5.41) is 2.84. The molecule has 0 heterocycles. The maximum atomic E-state index is 12.1. The Morgan fingerprint density at radius 3 is 2.28 bits per heavy atom. The highest BCUT2D eigenvalue weighted by atomic mass is 19.3. The van der Waals surface area contributed by atoms with Crippen LogP contribution in [0.4, 0.5) is 13.6 Å². The SMILES string of the molecule is CC(C)C1CCC(NC(=O)N(C)CC(F)F)CC1. The molecule has 0 aromatic rings. The molecule has 0 spiro atoms. The van der Waals surface area contributed by atoms with E-state index in [0.29, 0.717) is 5.92 Å². The molecule has 1 rings (SSSR count). The van der Waals surface area contributed by atoms with Gasteiger partial charge in [0.05, 0.1) is 6.54 Å². The molecule has 1 aliphatic carbocycles. The summed E-state index contributed by atoms with van der Waals surface area (Å²) in [5.41, 5.74) is 0. The van der Waals surface area contributed by atoms with Gasteiger partial charge in [0.2, 0.25) is 0 Å². The molecule has 0 bridgehead atoms. The molecule has 0 aromatic carbocycles. The Morgan fingerprint density at radius 1 is 1.28 bits per heavy atom. The first kappa shape index (κ1) is 15.2. The van der Waals surface area contributed by atoms with Gasteiger partial charge in [0.1, 0.15) is 0 Å². The van der Waals surface area contributed by atoms with Crippen LogP contribution < -0.4 is 5.32 Å². The number of hydrogen-bond acceptors (Lipinski definition) is 1. The molecule has 1 saturated carbocycles. The summed E-state index contributed by atoms with van der Waals surface area (Å²) in [6, 6.07) is -0.240. The zero-order chi connectivity index (χ0) is 13.7. The monoisotopic (exact) mass is 262 g/mol. The second-order valence-corrected chi connectivity index (χ2v) is 5.58. The summed E-state index contributed by atoms with van der Waals surface area (Å²) in [6.45, 7) is 3.94. The van der Waals surface area contributed by atoms with E-state index in [0.717, 1.165) is 36.5 Å². The summed E-state index contributed by atoms with van der Waals surface area (Å²) in [7, 11) is 1.40. The molecule has 3 nitrogen and oxygen atoms in total. The molecule has 18 heavy (non-hydrogen) atoms. The van der Waals surface area contributed by atoms with E-state index in [1.807, 2.05) is 0 Å². The van der Waals surface area contributed by atoms with Crippen LogP contribution in [-0.2, 0) is 0 Å². The van der Waals surface area contributed by atoms with Crippen molar-refractivity contribution < 1.29 is 13.6 Å². The number of hydrogen-bond donors (Lipinski definition) is 1. The van der Waals surface area contributed by atoms with E-state index in [1.165, 1.54) is 7.05 Å². The van der Waals surface area contributed by atoms with Gasteiger partial charge < -0.3 is 10.2 Å². The minimum Gasteiger partial charge on any atom is -0.335 e. The first-order chi connectivity index (χ1) is 8.40. The molecule has 1 N–H and O–H groups in total. The number of nitrogens with zero attached hydrogens (tertiary/aromatic N) is 1. The molecular weight excluding hydrogens is 238 g/mol. The third kappa shape index (κ3) is 4.78. The van der Waals surface area contributed by atoms with Gasteiger partial charge in [-0.05, 0) is 37.5 Å². The Kier molecular flexibility index (Phi) is 5.82. The normalized spacial score (nSPS) is 24.4. The van der Waals surface area contributed by atoms with Crippen molar-refractivity contribution in [3.63, 3.8) is 0 Å². The standard InChI is InChI=1S/C13H24F2N2O/c1-9(2)10-4-6-11(7-5-10)16-13(18)17(3)8-12(14)15/h9-12H,4-8H2,1-3H3,(H,16,18). The van der Waals surface area contributed by atoms with Gasteiger partial charge in [-0.3, -0.25) is 0 Å². The Bertz CT molecular complexity index is 264. The van der Waals surface area contributed by atoms with Gasteiger partial charge in [-0.2, -0.15) is 0 Å². The zero-order valence-corrected chi connectivity index (χ0v) is 11.5. The summed E-state index contributed by atoms with van der Waals surface area (Å²) in [6.07, 6.45) is 1.66. The van der Waals surface area contributed by atoms with Crippen molar-refractivity contribution in [2.24, 2.45) is 11.8 Å². The van der Waals surface area contributed by atoms with E-state index in [2.05, 4.69) is 19.2 Å². The van der Waals surface area contributed by atoms with Crippen molar-refractivity contribution in [2.45, 2.75) is 52.0 Å². The second-order valence-electron chi connectivity index (χ2n) is 5.58. The van der Waals surface area contributed by atoms with Crippen LogP contribution in [0.3, 0.4) is 0 Å². The zero-order valence-electron chi connectivity index (χ0n) is 11.5. The maximum Gasteiger partial charge on any atom is 0.317 e. The van der Waals surface area contributed by atoms with Crippen LogP contribution in [0.25, 0.3) is 0 Å². The Morgan fingerprint density at radius 2 is 1.83 bits per heavy atom. The summed E-state index contributed by atoms with van der Waals surface area (Å²) in [4.78, 5) is 12.7. The van der Waals surface area contributed by atoms with E-state index < -0.39 is 13.0 Å². The fourth-order valence-corrected chi connectivity index (χ4v) is 2.50. The molecule has 0 radical (unpaired) electrons. The number of halogens is 2. The van der Waals surface area contributed by atoms with Gasteiger partial charge in [0.15, 0.2) is 0 Å². The van der Waals surface area contributed by atoms with Crippen LogP contribution in [-0.4, -0.2) is 37.0 Å². The van der Waals surface area contributed by atoms with Crippen LogP contribution in [0.15, 0.2) is 0 Å². The van der Waals surface area contributed by atoms with Crippen molar-refractivity contribution in [2.75, 3.05) is 13.6 Å².